The van der Waals surface area contributed by atoms with Crippen LogP contribution in [0.25, 0.3) is 0 Å². The molecule has 66 valence electrons. The minimum absolute atomic E-state index is 0.731. The first-order valence-electron chi connectivity index (χ1n) is 3.87. The maximum Gasteiger partial charge on any atom is 0.0325 e. The lowest BCUT2D eigenvalue weighted by Gasteiger charge is -2.00. The van der Waals surface area contributed by atoms with Gasteiger partial charge in [0.1, 0.15) is 0 Å². The van der Waals surface area contributed by atoms with Gasteiger partial charge in [-0.05, 0) is 30.4 Å². The van der Waals surface area contributed by atoms with Crippen LogP contribution in [0.2, 0.25) is 0 Å². The molecule has 1 aromatic carbocycles. The number of nitrogens with two attached hydrogens (primary N) is 1. The summed E-state index contributed by atoms with van der Waals surface area (Å²) in [6.45, 7) is 0. The zero-order valence-electron chi connectivity index (χ0n) is 6.79. The third-order valence-corrected chi connectivity index (χ3v) is 2.75. The van der Waals surface area contributed by atoms with Gasteiger partial charge in [-0.3, -0.25) is 0 Å². The van der Waals surface area contributed by atoms with E-state index in [0.717, 1.165) is 23.7 Å². The van der Waals surface area contributed by atoms with Crippen molar-refractivity contribution in [2.75, 3.05) is 17.4 Å². The lowest BCUT2D eigenvalue weighted by atomic mass is 10.3. The molecule has 0 fully saturated rings. The fourth-order valence-electron chi connectivity index (χ4n) is 0.849. The highest BCUT2D eigenvalue weighted by Crippen LogP contribution is 2.20. The van der Waals surface area contributed by atoms with Crippen LogP contribution < -0.4 is 5.73 Å². The van der Waals surface area contributed by atoms with Crippen molar-refractivity contribution >= 4 is 29.1 Å². The van der Waals surface area contributed by atoms with Crippen LogP contribution in [0, 0.1) is 0 Å². The van der Waals surface area contributed by atoms with Crippen LogP contribution in [0.15, 0.2) is 29.2 Å². The zero-order chi connectivity index (χ0) is 8.81. The first-order valence-corrected chi connectivity index (χ1v) is 5.39. The van der Waals surface area contributed by atoms with Gasteiger partial charge in [0.2, 0.25) is 0 Å². The van der Waals surface area contributed by atoms with E-state index in [9.17, 15) is 0 Å². The van der Waals surface area contributed by atoms with Gasteiger partial charge in [0, 0.05) is 16.5 Å². The summed E-state index contributed by atoms with van der Waals surface area (Å²) in [5.41, 5.74) is 6.45. The molecule has 0 aromatic heterocycles. The van der Waals surface area contributed by atoms with E-state index < -0.39 is 0 Å². The standard InChI is InChI=1S/C9H12ClNS/c10-5-2-6-12-9-4-1-3-8(11)7-9/h1,3-4,7H,2,5-6,11H2. The minimum Gasteiger partial charge on any atom is -0.399 e. The largest absolute Gasteiger partial charge is 0.399 e. The topological polar surface area (TPSA) is 26.0 Å². The van der Waals surface area contributed by atoms with E-state index in [1.165, 1.54) is 4.90 Å². The Kier molecular flexibility index (Phi) is 4.33. The summed E-state index contributed by atoms with van der Waals surface area (Å²) in [6, 6.07) is 7.91. The lowest BCUT2D eigenvalue weighted by Crippen LogP contribution is -1.85. The van der Waals surface area contributed by atoms with Gasteiger partial charge in [-0.15, -0.1) is 23.4 Å². The minimum atomic E-state index is 0.731. The van der Waals surface area contributed by atoms with Crippen molar-refractivity contribution in [3.05, 3.63) is 24.3 Å². The monoisotopic (exact) mass is 201 g/mol. The molecule has 0 amide bonds. The Hall–Kier alpha value is -0.340. The Morgan fingerprint density at radius 2 is 2.25 bits per heavy atom. The van der Waals surface area contributed by atoms with E-state index in [-0.39, 0.29) is 0 Å². The maximum atomic E-state index is 5.62. The molecule has 0 heterocycles. The second kappa shape index (κ2) is 5.33. The fourth-order valence-corrected chi connectivity index (χ4v) is 2.06. The highest BCUT2D eigenvalue weighted by molar-refractivity contribution is 7.99. The average Bonchev–Trinajstić information content (AvgIpc) is 2.05. The SMILES string of the molecule is Nc1cccc(SCCCCl)c1. The van der Waals surface area contributed by atoms with Gasteiger partial charge in [0.15, 0.2) is 0 Å². The summed E-state index contributed by atoms with van der Waals surface area (Å²) < 4.78 is 0. The lowest BCUT2D eigenvalue weighted by molar-refractivity contribution is 1.11. The van der Waals surface area contributed by atoms with E-state index in [1.807, 2.05) is 18.2 Å². The molecule has 1 aromatic rings. The van der Waals surface area contributed by atoms with Crippen molar-refractivity contribution in [2.24, 2.45) is 0 Å². The third kappa shape index (κ3) is 3.37. The molecular formula is C9H12ClNS. The van der Waals surface area contributed by atoms with Gasteiger partial charge in [0.25, 0.3) is 0 Å². The normalized spacial score (nSPS) is 10.1. The summed E-state index contributed by atoms with van der Waals surface area (Å²) in [7, 11) is 0. The number of anilines is 1. The predicted octanol–water partition coefficient (Wildman–Crippen LogP) is 2.99. The second-order valence-corrected chi connectivity index (χ2v) is 4.01. The van der Waals surface area contributed by atoms with Gasteiger partial charge >= 0.3 is 0 Å². The van der Waals surface area contributed by atoms with Gasteiger partial charge < -0.3 is 5.73 Å². The third-order valence-electron chi connectivity index (χ3n) is 1.40. The van der Waals surface area contributed by atoms with Crippen molar-refractivity contribution in [1.82, 2.24) is 0 Å². The molecule has 12 heavy (non-hydrogen) atoms. The fraction of sp³-hybridized carbons (Fsp3) is 0.333. The highest BCUT2D eigenvalue weighted by Gasteiger charge is 1.93. The molecule has 0 aliphatic rings. The molecule has 0 spiro atoms. The smallest absolute Gasteiger partial charge is 0.0325 e. The molecule has 0 bridgehead atoms. The summed E-state index contributed by atoms with van der Waals surface area (Å²) in [6.07, 6.45) is 1.04. The van der Waals surface area contributed by atoms with E-state index in [2.05, 4.69) is 6.07 Å². The van der Waals surface area contributed by atoms with Crippen molar-refractivity contribution in [3.8, 4) is 0 Å². The molecule has 0 saturated carbocycles. The van der Waals surface area contributed by atoms with Gasteiger partial charge in [-0.2, -0.15) is 0 Å². The number of hydrogen-bond acceptors (Lipinski definition) is 2. The highest BCUT2D eigenvalue weighted by atomic mass is 35.5. The van der Waals surface area contributed by atoms with Crippen molar-refractivity contribution in [3.63, 3.8) is 0 Å². The Morgan fingerprint density at radius 3 is 2.92 bits per heavy atom. The Morgan fingerprint density at radius 1 is 1.42 bits per heavy atom. The van der Waals surface area contributed by atoms with E-state index in [4.69, 9.17) is 17.3 Å². The molecule has 0 aliphatic heterocycles. The number of rotatable bonds is 4. The number of hydrogen-bond donors (Lipinski definition) is 1. The Bertz CT molecular complexity index is 240. The summed E-state index contributed by atoms with van der Waals surface area (Å²) in [4.78, 5) is 1.22. The van der Waals surface area contributed by atoms with Crippen LogP contribution in [0.1, 0.15) is 6.42 Å². The first kappa shape index (κ1) is 9.75. The molecule has 1 nitrogen and oxygen atoms in total. The Balaban J connectivity index is 2.41. The molecular weight excluding hydrogens is 190 g/mol. The predicted molar refractivity (Wildman–Crippen MR) is 56.9 cm³/mol. The van der Waals surface area contributed by atoms with E-state index in [0.29, 0.717) is 0 Å². The van der Waals surface area contributed by atoms with Crippen molar-refractivity contribution < 1.29 is 0 Å². The molecule has 3 heteroatoms. The molecule has 1 rings (SSSR count). The van der Waals surface area contributed by atoms with Gasteiger partial charge in [-0.1, -0.05) is 6.07 Å². The molecule has 0 radical (unpaired) electrons. The first-order chi connectivity index (χ1) is 5.83. The summed E-state index contributed by atoms with van der Waals surface area (Å²) in [5.74, 6) is 1.79. The maximum absolute atomic E-state index is 5.62. The zero-order valence-corrected chi connectivity index (χ0v) is 8.37. The van der Waals surface area contributed by atoms with E-state index >= 15 is 0 Å². The Labute approximate surface area is 82.3 Å². The number of benzene rings is 1. The average molecular weight is 202 g/mol. The van der Waals surface area contributed by atoms with Crippen LogP contribution in [0.3, 0.4) is 0 Å². The molecule has 0 aliphatic carbocycles. The van der Waals surface area contributed by atoms with Crippen LogP contribution in [0.5, 0.6) is 0 Å². The molecule has 0 unspecified atom stereocenters. The van der Waals surface area contributed by atoms with Crippen LogP contribution >= 0.6 is 23.4 Å². The summed E-state index contributed by atoms with van der Waals surface area (Å²) in [5, 5.41) is 0. The van der Waals surface area contributed by atoms with E-state index in [1.54, 1.807) is 11.8 Å². The number of nitrogen functional groups attached to an aromatic ring is 1. The second-order valence-electron chi connectivity index (χ2n) is 2.46. The number of thioether (sulfide) groups is 1. The van der Waals surface area contributed by atoms with Gasteiger partial charge in [-0.25, -0.2) is 0 Å². The number of alkyl halides is 1. The van der Waals surface area contributed by atoms with Crippen LogP contribution in [-0.2, 0) is 0 Å². The van der Waals surface area contributed by atoms with Crippen LogP contribution in [-0.4, -0.2) is 11.6 Å². The molecule has 0 saturated heterocycles. The quantitative estimate of drug-likeness (QED) is 0.351. The molecule has 0 atom stereocenters. The van der Waals surface area contributed by atoms with Crippen molar-refractivity contribution in [1.29, 1.82) is 0 Å². The number of halogens is 1. The van der Waals surface area contributed by atoms with Crippen molar-refractivity contribution in [2.45, 2.75) is 11.3 Å². The van der Waals surface area contributed by atoms with Crippen LogP contribution in [0.4, 0.5) is 5.69 Å². The molecule has 2 N–H and O–H groups in total. The van der Waals surface area contributed by atoms with Gasteiger partial charge in [0.05, 0.1) is 0 Å². The summed E-state index contributed by atoms with van der Waals surface area (Å²) >= 11 is 7.36.